The normalized spacial score (nSPS) is 16.5. The number of nitrogens with zero attached hydrogens (tertiary/aromatic N) is 5. The minimum atomic E-state index is -0.152. The van der Waals surface area contributed by atoms with Gasteiger partial charge in [0, 0.05) is 25.7 Å². The van der Waals surface area contributed by atoms with Gasteiger partial charge in [0.25, 0.3) is 5.91 Å². The van der Waals surface area contributed by atoms with Crippen LogP contribution in [0.25, 0.3) is 0 Å². The lowest BCUT2D eigenvalue weighted by molar-refractivity contribution is 0.0577. The van der Waals surface area contributed by atoms with Gasteiger partial charge in [-0.25, -0.2) is 0 Å². The summed E-state index contributed by atoms with van der Waals surface area (Å²) in [6.45, 7) is 1.81. The number of amides is 1. The van der Waals surface area contributed by atoms with Crippen LogP contribution in [-0.4, -0.2) is 43.9 Å². The highest BCUT2D eigenvalue weighted by molar-refractivity contribution is 5.91. The average molecular weight is 353 g/mol. The number of aryl methyl sites for hydroxylation is 1. The standard InChI is InChI=1S/C18H19N5O3/c1-22-17-13(11-25-12-14-5-2-3-7-19-14)9-23(10-15(17)20-21-22)18(24)16-6-4-8-26-16/h2-8,13H,9-12H2,1H3/t13-/m0/s1. The summed E-state index contributed by atoms with van der Waals surface area (Å²) in [7, 11) is 1.86. The van der Waals surface area contributed by atoms with Crippen LogP contribution in [0.1, 0.15) is 33.6 Å². The molecule has 8 nitrogen and oxygen atoms in total. The molecule has 3 aromatic heterocycles. The fraction of sp³-hybridized carbons (Fsp3) is 0.333. The molecule has 0 N–H and O–H groups in total. The number of fused-ring (bicyclic) bond motifs is 1. The lowest BCUT2D eigenvalue weighted by Crippen LogP contribution is -2.40. The first-order valence-corrected chi connectivity index (χ1v) is 8.41. The van der Waals surface area contributed by atoms with Crippen LogP contribution in [0.15, 0.2) is 47.2 Å². The Bertz CT molecular complexity index is 876. The molecule has 3 aromatic rings. The number of carbonyl (C=O) groups is 1. The summed E-state index contributed by atoms with van der Waals surface area (Å²) in [6.07, 6.45) is 3.24. The number of aromatic nitrogens is 4. The van der Waals surface area contributed by atoms with Crippen LogP contribution >= 0.6 is 0 Å². The highest BCUT2D eigenvalue weighted by atomic mass is 16.5. The molecule has 0 spiro atoms. The van der Waals surface area contributed by atoms with Gasteiger partial charge in [-0.15, -0.1) is 5.10 Å². The van der Waals surface area contributed by atoms with Crippen molar-refractivity contribution in [2.75, 3.05) is 13.2 Å². The van der Waals surface area contributed by atoms with Crippen LogP contribution in [0.5, 0.6) is 0 Å². The van der Waals surface area contributed by atoms with E-state index in [0.717, 1.165) is 17.1 Å². The summed E-state index contributed by atoms with van der Waals surface area (Å²) in [5, 5.41) is 8.32. The molecular weight excluding hydrogens is 334 g/mol. The molecule has 1 atom stereocenters. The zero-order valence-corrected chi connectivity index (χ0v) is 14.4. The molecule has 1 aliphatic rings. The predicted molar refractivity (Wildman–Crippen MR) is 91.1 cm³/mol. The highest BCUT2D eigenvalue weighted by Crippen LogP contribution is 2.28. The molecule has 26 heavy (non-hydrogen) atoms. The van der Waals surface area contributed by atoms with Crippen molar-refractivity contribution < 1.29 is 13.9 Å². The lowest BCUT2D eigenvalue weighted by atomic mass is 9.98. The van der Waals surface area contributed by atoms with E-state index in [1.54, 1.807) is 27.9 Å². The first kappa shape index (κ1) is 16.5. The summed E-state index contributed by atoms with van der Waals surface area (Å²) >= 11 is 0. The van der Waals surface area contributed by atoms with Crippen LogP contribution < -0.4 is 0 Å². The Morgan fingerprint density at radius 2 is 2.27 bits per heavy atom. The number of carbonyl (C=O) groups excluding carboxylic acids is 1. The van der Waals surface area contributed by atoms with Crippen molar-refractivity contribution in [2.45, 2.75) is 19.1 Å². The summed E-state index contributed by atoms with van der Waals surface area (Å²) in [4.78, 5) is 18.6. The zero-order chi connectivity index (χ0) is 17.9. The van der Waals surface area contributed by atoms with Gasteiger partial charge in [-0.1, -0.05) is 11.3 Å². The van der Waals surface area contributed by atoms with Crippen LogP contribution in [0.3, 0.4) is 0 Å². The molecule has 0 aliphatic carbocycles. The van der Waals surface area contributed by atoms with Crippen molar-refractivity contribution in [3.8, 4) is 0 Å². The summed E-state index contributed by atoms with van der Waals surface area (Å²) in [6, 6.07) is 9.10. The van der Waals surface area contributed by atoms with Gasteiger partial charge in [0.1, 0.15) is 5.69 Å². The molecule has 1 aliphatic heterocycles. The van der Waals surface area contributed by atoms with Crippen LogP contribution in [-0.2, 0) is 24.9 Å². The van der Waals surface area contributed by atoms with E-state index in [1.165, 1.54) is 6.26 Å². The fourth-order valence-electron chi connectivity index (χ4n) is 3.25. The summed E-state index contributed by atoms with van der Waals surface area (Å²) < 4.78 is 12.9. The third-order valence-electron chi connectivity index (χ3n) is 4.43. The number of hydrogen-bond acceptors (Lipinski definition) is 6. The van der Waals surface area contributed by atoms with Crippen LogP contribution in [0.4, 0.5) is 0 Å². The van der Waals surface area contributed by atoms with Crippen molar-refractivity contribution in [3.63, 3.8) is 0 Å². The van der Waals surface area contributed by atoms with Gasteiger partial charge >= 0.3 is 0 Å². The van der Waals surface area contributed by atoms with E-state index in [0.29, 0.717) is 32.1 Å². The van der Waals surface area contributed by atoms with Gasteiger partial charge in [0.2, 0.25) is 0 Å². The Morgan fingerprint density at radius 3 is 3.04 bits per heavy atom. The molecule has 4 rings (SSSR count). The molecule has 8 heteroatoms. The Labute approximate surface area is 150 Å². The average Bonchev–Trinajstić information content (AvgIpc) is 3.32. The van der Waals surface area contributed by atoms with Gasteiger partial charge in [-0.3, -0.25) is 14.5 Å². The minimum absolute atomic E-state index is 0.0126. The minimum Gasteiger partial charge on any atom is -0.459 e. The summed E-state index contributed by atoms with van der Waals surface area (Å²) in [5.74, 6) is 0.160. The molecule has 4 heterocycles. The van der Waals surface area contributed by atoms with Crippen molar-refractivity contribution in [1.82, 2.24) is 24.9 Å². The van der Waals surface area contributed by atoms with E-state index in [1.807, 2.05) is 25.2 Å². The van der Waals surface area contributed by atoms with Crippen LogP contribution in [0.2, 0.25) is 0 Å². The van der Waals surface area contributed by atoms with E-state index in [9.17, 15) is 4.79 Å². The van der Waals surface area contributed by atoms with Crippen molar-refractivity contribution in [2.24, 2.45) is 7.05 Å². The van der Waals surface area contributed by atoms with Crippen molar-refractivity contribution in [1.29, 1.82) is 0 Å². The maximum absolute atomic E-state index is 12.6. The molecule has 0 bridgehead atoms. The molecule has 134 valence electrons. The van der Waals surface area contributed by atoms with Crippen molar-refractivity contribution in [3.05, 3.63) is 65.6 Å². The van der Waals surface area contributed by atoms with E-state index >= 15 is 0 Å². The third kappa shape index (κ3) is 3.23. The smallest absolute Gasteiger partial charge is 0.289 e. The van der Waals surface area contributed by atoms with Gasteiger partial charge in [-0.2, -0.15) is 0 Å². The summed E-state index contributed by atoms with van der Waals surface area (Å²) in [5.41, 5.74) is 2.68. The number of hydrogen-bond donors (Lipinski definition) is 0. The Hall–Kier alpha value is -3.00. The second kappa shape index (κ2) is 7.09. The lowest BCUT2D eigenvalue weighted by Gasteiger charge is -2.31. The first-order valence-electron chi connectivity index (χ1n) is 8.41. The van der Waals surface area contributed by atoms with Gasteiger partial charge < -0.3 is 14.1 Å². The molecule has 0 unspecified atom stereocenters. The van der Waals surface area contributed by atoms with Crippen molar-refractivity contribution >= 4 is 5.91 Å². The number of pyridine rings is 1. The van der Waals surface area contributed by atoms with Gasteiger partial charge in [0.15, 0.2) is 5.76 Å². The van der Waals surface area contributed by atoms with E-state index in [2.05, 4.69) is 15.3 Å². The third-order valence-corrected chi connectivity index (χ3v) is 4.43. The molecular formula is C18H19N5O3. The Morgan fingerprint density at radius 1 is 1.35 bits per heavy atom. The number of ether oxygens (including phenoxy) is 1. The zero-order valence-electron chi connectivity index (χ0n) is 14.4. The molecule has 0 aromatic carbocycles. The fourth-order valence-corrected chi connectivity index (χ4v) is 3.25. The van der Waals surface area contributed by atoms with E-state index in [4.69, 9.17) is 9.15 Å². The Balaban J connectivity index is 1.49. The molecule has 0 saturated heterocycles. The predicted octanol–water partition coefficient (Wildman–Crippen LogP) is 1.76. The Kier molecular flexibility index (Phi) is 4.49. The second-order valence-corrected chi connectivity index (χ2v) is 6.24. The maximum atomic E-state index is 12.6. The number of rotatable bonds is 5. The van der Waals surface area contributed by atoms with E-state index in [-0.39, 0.29) is 11.8 Å². The monoisotopic (exact) mass is 353 g/mol. The van der Waals surface area contributed by atoms with Gasteiger partial charge in [0.05, 0.1) is 37.4 Å². The quantitative estimate of drug-likeness (QED) is 0.695. The largest absolute Gasteiger partial charge is 0.459 e. The van der Waals surface area contributed by atoms with Gasteiger partial charge in [-0.05, 0) is 24.3 Å². The van der Waals surface area contributed by atoms with Crippen LogP contribution in [0, 0.1) is 0 Å². The molecule has 0 radical (unpaired) electrons. The first-order chi connectivity index (χ1) is 12.7. The topological polar surface area (TPSA) is 86.3 Å². The van der Waals surface area contributed by atoms with E-state index < -0.39 is 0 Å². The maximum Gasteiger partial charge on any atom is 0.289 e. The number of furan rings is 1. The molecule has 1 amide bonds. The highest BCUT2D eigenvalue weighted by Gasteiger charge is 2.33. The molecule has 0 saturated carbocycles. The molecule has 0 fully saturated rings. The second-order valence-electron chi connectivity index (χ2n) is 6.24. The SMILES string of the molecule is Cn1nnc2c1[C@H](COCc1ccccn1)CN(C(=O)c1ccco1)C2.